The summed E-state index contributed by atoms with van der Waals surface area (Å²) in [5.41, 5.74) is 1.13. The molecule has 1 atom stereocenters. The quantitative estimate of drug-likeness (QED) is 0.658. The number of anilines is 1. The molecule has 4 rings (SSSR count). The molecule has 0 aromatic heterocycles. The standard InChI is InChI=1S/C19H22ClNO2S/c1-18(2)9-16(22)19(17(23)10-18)8-12-3-4-13(20)7-14(12)21-5-6-24-11-15(19)21/h3-4,7,15H,5-6,8-11H2,1-2H3. The largest absolute Gasteiger partial charge is 0.365 e. The first kappa shape index (κ1) is 16.5. The van der Waals surface area contributed by atoms with Gasteiger partial charge in [-0.15, -0.1) is 0 Å². The van der Waals surface area contributed by atoms with Crippen molar-refractivity contribution in [3.05, 3.63) is 28.8 Å². The lowest BCUT2D eigenvalue weighted by Crippen LogP contribution is -2.65. The number of ketones is 2. The van der Waals surface area contributed by atoms with Crippen molar-refractivity contribution in [2.75, 3.05) is 23.0 Å². The van der Waals surface area contributed by atoms with Gasteiger partial charge in [0.2, 0.25) is 0 Å². The van der Waals surface area contributed by atoms with E-state index in [4.69, 9.17) is 11.6 Å². The van der Waals surface area contributed by atoms with Crippen LogP contribution in [0.25, 0.3) is 0 Å². The molecule has 0 N–H and O–H groups in total. The molecule has 3 nitrogen and oxygen atoms in total. The molecule has 2 fully saturated rings. The van der Waals surface area contributed by atoms with Gasteiger partial charge in [-0.05, 0) is 29.5 Å². The van der Waals surface area contributed by atoms with Crippen molar-refractivity contribution in [3.63, 3.8) is 0 Å². The Labute approximate surface area is 152 Å². The molecule has 1 spiro atoms. The summed E-state index contributed by atoms with van der Waals surface area (Å²) in [6, 6.07) is 5.83. The van der Waals surface area contributed by atoms with Gasteiger partial charge < -0.3 is 4.90 Å². The van der Waals surface area contributed by atoms with Gasteiger partial charge >= 0.3 is 0 Å². The first-order chi connectivity index (χ1) is 11.3. The van der Waals surface area contributed by atoms with Crippen LogP contribution in [0.3, 0.4) is 0 Å². The van der Waals surface area contributed by atoms with Crippen LogP contribution in [0.5, 0.6) is 0 Å². The Morgan fingerprint density at radius 3 is 2.58 bits per heavy atom. The smallest absolute Gasteiger partial charge is 0.149 e. The van der Waals surface area contributed by atoms with E-state index in [-0.39, 0.29) is 23.0 Å². The number of halogens is 1. The fraction of sp³-hybridized carbons (Fsp3) is 0.579. The Hall–Kier alpha value is -1.00. The predicted molar refractivity (Wildman–Crippen MR) is 99.1 cm³/mol. The highest BCUT2D eigenvalue weighted by Crippen LogP contribution is 2.51. The van der Waals surface area contributed by atoms with E-state index in [0.29, 0.717) is 24.3 Å². The number of hydrogen-bond acceptors (Lipinski definition) is 4. The molecule has 0 bridgehead atoms. The molecular weight excluding hydrogens is 342 g/mol. The van der Waals surface area contributed by atoms with Crippen LogP contribution in [0, 0.1) is 10.8 Å². The Balaban J connectivity index is 1.86. The van der Waals surface area contributed by atoms with E-state index in [1.54, 1.807) is 0 Å². The zero-order valence-corrected chi connectivity index (χ0v) is 15.7. The number of Topliss-reactive ketones (excluding diaryl/α,β-unsaturated/α-hetero) is 2. The SMILES string of the molecule is CC1(C)CC(=O)C2(Cc3ccc(Cl)cc3N3CCSCC32)C(=O)C1. The van der Waals surface area contributed by atoms with Crippen LogP contribution >= 0.6 is 23.4 Å². The molecule has 1 aromatic rings. The van der Waals surface area contributed by atoms with Crippen molar-refractivity contribution in [3.8, 4) is 0 Å². The molecule has 128 valence electrons. The van der Waals surface area contributed by atoms with Gasteiger partial charge in [-0.25, -0.2) is 0 Å². The van der Waals surface area contributed by atoms with E-state index in [9.17, 15) is 9.59 Å². The number of nitrogens with zero attached hydrogens (tertiary/aromatic N) is 1. The summed E-state index contributed by atoms with van der Waals surface area (Å²) in [5, 5.41) is 0.712. The number of hydrogen-bond donors (Lipinski definition) is 0. The van der Waals surface area contributed by atoms with E-state index in [0.717, 1.165) is 29.3 Å². The molecule has 1 aliphatic carbocycles. The van der Waals surface area contributed by atoms with Crippen molar-refractivity contribution in [2.45, 2.75) is 39.2 Å². The summed E-state index contributed by atoms with van der Waals surface area (Å²) in [5.74, 6) is 2.14. The molecule has 5 heteroatoms. The highest BCUT2D eigenvalue weighted by atomic mass is 35.5. The average molecular weight is 364 g/mol. The topological polar surface area (TPSA) is 37.4 Å². The zero-order valence-electron chi connectivity index (χ0n) is 14.1. The third-order valence-corrected chi connectivity index (χ3v) is 7.05. The second-order valence-corrected chi connectivity index (χ2v) is 9.66. The third-order valence-electron chi connectivity index (χ3n) is 5.80. The first-order valence-corrected chi connectivity index (χ1v) is 10.1. The van der Waals surface area contributed by atoms with E-state index >= 15 is 0 Å². The predicted octanol–water partition coefficient (Wildman–Crippen LogP) is 3.76. The van der Waals surface area contributed by atoms with Crippen molar-refractivity contribution in [1.82, 2.24) is 0 Å². The highest BCUT2D eigenvalue weighted by Gasteiger charge is 2.60. The van der Waals surface area contributed by atoms with Crippen LogP contribution in [0.2, 0.25) is 5.02 Å². The number of rotatable bonds is 0. The highest BCUT2D eigenvalue weighted by molar-refractivity contribution is 7.99. The van der Waals surface area contributed by atoms with E-state index in [2.05, 4.69) is 4.90 Å². The maximum atomic E-state index is 13.2. The van der Waals surface area contributed by atoms with Crippen molar-refractivity contribution >= 4 is 40.6 Å². The van der Waals surface area contributed by atoms with E-state index in [1.165, 1.54) is 0 Å². The molecule has 1 saturated carbocycles. The van der Waals surface area contributed by atoms with Gasteiger partial charge in [0.1, 0.15) is 17.0 Å². The number of carbonyl (C=O) groups is 2. The van der Waals surface area contributed by atoms with Gasteiger partial charge in [0, 0.05) is 41.6 Å². The molecule has 1 saturated heterocycles. The maximum Gasteiger partial charge on any atom is 0.149 e. The lowest BCUT2D eigenvalue weighted by Gasteiger charge is -2.54. The first-order valence-electron chi connectivity index (χ1n) is 8.53. The lowest BCUT2D eigenvalue weighted by molar-refractivity contribution is -0.150. The minimum Gasteiger partial charge on any atom is -0.365 e. The molecule has 0 radical (unpaired) electrons. The Kier molecular flexibility index (Phi) is 3.77. The summed E-state index contributed by atoms with van der Waals surface area (Å²) in [4.78, 5) is 28.8. The monoisotopic (exact) mass is 363 g/mol. The number of benzene rings is 1. The Morgan fingerprint density at radius 1 is 1.17 bits per heavy atom. The van der Waals surface area contributed by atoms with Crippen molar-refractivity contribution in [2.24, 2.45) is 10.8 Å². The van der Waals surface area contributed by atoms with Gasteiger partial charge in [-0.2, -0.15) is 11.8 Å². The summed E-state index contributed by atoms with van der Waals surface area (Å²) >= 11 is 8.07. The number of carbonyl (C=O) groups excluding carboxylic acids is 2. The average Bonchev–Trinajstić information content (AvgIpc) is 2.52. The normalized spacial score (nSPS) is 27.8. The second kappa shape index (κ2) is 5.50. The minimum atomic E-state index is -0.857. The summed E-state index contributed by atoms with van der Waals surface area (Å²) < 4.78 is 0. The van der Waals surface area contributed by atoms with Gasteiger partial charge in [0.05, 0.1) is 6.04 Å². The van der Waals surface area contributed by atoms with E-state index in [1.807, 2.05) is 43.8 Å². The molecule has 2 heterocycles. The van der Waals surface area contributed by atoms with Crippen LogP contribution in [-0.2, 0) is 16.0 Å². The lowest BCUT2D eigenvalue weighted by atomic mass is 9.57. The maximum absolute atomic E-state index is 13.2. The van der Waals surface area contributed by atoms with Gasteiger partial charge in [-0.3, -0.25) is 9.59 Å². The van der Waals surface area contributed by atoms with Gasteiger partial charge in [0.25, 0.3) is 0 Å². The molecule has 3 aliphatic rings. The van der Waals surface area contributed by atoms with Crippen molar-refractivity contribution in [1.29, 1.82) is 0 Å². The summed E-state index contributed by atoms with van der Waals surface area (Å²) in [6.07, 6.45) is 1.53. The third kappa shape index (κ3) is 2.33. The molecule has 1 aromatic carbocycles. The summed E-state index contributed by atoms with van der Waals surface area (Å²) in [7, 11) is 0. The fourth-order valence-electron chi connectivity index (χ4n) is 4.64. The van der Waals surface area contributed by atoms with Crippen LogP contribution in [-0.4, -0.2) is 35.7 Å². The van der Waals surface area contributed by atoms with Crippen LogP contribution in [0.1, 0.15) is 32.3 Å². The molecule has 1 unspecified atom stereocenters. The molecule has 0 amide bonds. The second-order valence-electron chi connectivity index (χ2n) is 8.07. The minimum absolute atomic E-state index is 0.0293. The van der Waals surface area contributed by atoms with Gasteiger partial charge in [-0.1, -0.05) is 31.5 Å². The Morgan fingerprint density at radius 2 is 1.88 bits per heavy atom. The number of thioether (sulfide) groups is 1. The zero-order chi connectivity index (χ0) is 17.1. The molecular formula is C19H22ClNO2S. The molecule has 2 aliphatic heterocycles. The van der Waals surface area contributed by atoms with E-state index < -0.39 is 5.41 Å². The van der Waals surface area contributed by atoms with Crippen LogP contribution in [0.15, 0.2) is 18.2 Å². The van der Waals surface area contributed by atoms with Crippen LogP contribution in [0.4, 0.5) is 5.69 Å². The Bertz CT molecular complexity index is 710. The fourth-order valence-corrected chi connectivity index (χ4v) is 5.99. The number of fused-ring (bicyclic) bond motifs is 4. The molecule has 24 heavy (non-hydrogen) atoms. The summed E-state index contributed by atoms with van der Waals surface area (Å²) in [6.45, 7) is 4.92. The van der Waals surface area contributed by atoms with Crippen molar-refractivity contribution < 1.29 is 9.59 Å². The van der Waals surface area contributed by atoms with Gasteiger partial charge in [0.15, 0.2) is 0 Å². The van der Waals surface area contributed by atoms with Crippen LogP contribution < -0.4 is 4.90 Å².